The Morgan fingerprint density at radius 2 is 2.00 bits per heavy atom. The number of Topliss-reactive ketones (excluding diaryl/α,β-unsaturated/α-hetero) is 2. The molecule has 0 saturated heterocycles. The maximum absolute atomic E-state index is 11.9. The summed E-state index contributed by atoms with van der Waals surface area (Å²) in [6, 6.07) is 6.47. The highest BCUT2D eigenvalue weighted by atomic mass is 16.5. The summed E-state index contributed by atoms with van der Waals surface area (Å²) in [4.78, 5) is 23.5. The number of ether oxygens (including phenoxy) is 1. The van der Waals surface area contributed by atoms with E-state index in [1.807, 2.05) is 6.92 Å². The third-order valence-electron chi connectivity index (χ3n) is 2.44. The van der Waals surface area contributed by atoms with Crippen LogP contribution in [0.15, 0.2) is 24.3 Å². The van der Waals surface area contributed by atoms with Crippen LogP contribution < -0.4 is 4.74 Å². The lowest BCUT2D eigenvalue weighted by atomic mass is 10.0. The Kier molecular flexibility index (Phi) is 4.84. The van der Waals surface area contributed by atoms with Crippen LogP contribution in [0, 0.1) is 0 Å². The largest absolute Gasteiger partial charge is 0.496 e. The van der Waals surface area contributed by atoms with Gasteiger partial charge in [0.25, 0.3) is 0 Å². The number of methoxy groups -OCH3 is 1. The molecule has 4 nitrogen and oxygen atoms in total. The van der Waals surface area contributed by atoms with E-state index >= 15 is 0 Å². The zero-order valence-electron chi connectivity index (χ0n) is 9.97. The van der Waals surface area contributed by atoms with Crippen molar-refractivity contribution in [3.63, 3.8) is 0 Å². The minimum Gasteiger partial charge on any atom is -0.496 e. The molecule has 1 N–H and O–H groups in total. The second-order valence-electron chi connectivity index (χ2n) is 3.70. The van der Waals surface area contributed by atoms with Gasteiger partial charge in [-0.05, 0) is 18.6 Å². The van der Waals surface area contributed by atoms with Gasteiger partial charge in [-0.3, -0.25) is 9.59 Å². The topological polar surface area (TPSA) is 63.6 Å². The van der Waals surface area contributed by atoms with Crippen LogP contribution in [0.2, 0.25) is 0 Å². The smallest absolute Gasteiger partial charge is 0.235 e. The lowest BCUT2D eigenvalue weighted by Gasteiger charge is -2.09. The summed E-state index contributed by atoms with van der Waals surface area (Å²) in [5.41, 5.74) is 0.190. The monoisotopic (exact) mass is 236 g/mol. The fourth-order valence-corrected chi connectivity index (χ4v) is 1.52. The highest BCUT2D eigenvalue weighted by Gasteiger charge is 2.25. The quantitative estimate of drug-likeness (QED) is 0.602. The Balaban J connectivity index is 2.92. The van der Waals surface area contributed by atoms with E-state index in [9.17, 15) is 14.7 Å². The Morgan fingerprint density at radius 3 is 2.59 bits per heavy atom. The van der Waals surface area contributed by atoms with Crippen LogP contribution in [0.1, 0.15) is 30.1 Å². The number of hydrogen-bond donors (Lipinski definition) is 1. The van der Waals surface area contributed by atoms with Gasteiger partial charge in [0.2, 0.25) is 11.6 Å². The molecule has 0 saturated carbocycles. The number of benzene rings is 1. The van der Waals surface area contributed by atoms with E-state index in [0.29, 0.717) is 18.6 Å². The first-order chi connectivity index (χ1) is 8.11. The first kappa shape index (κ1) is 13.4. The highest BCUT2D eigenvalue weighted by Crippen LogP contribution is 2.19. The molecule has 0 fully saturated rings. The molecule has 1 rings (SSSR count). The zero-order chi connectivity index (χ0) is 12.8. The SMILES string of the molecule is CCCC(O)C(=O)C(=O)c1ccccc1OC. The zero-order valence-corrected chi connectivity index (χ0v) is 9.97. The van der Waals surface area contributed by atoms with Gasteiger partial charge < -0.3 is 9.84 Å². The van der Waals surface area contributed by atoms with Crippen molar-refractivity contribution >= 4 is 11.6 Å². The van der Waals surface area contributed by atoms with Gasteiger partial charge >= 0.3 is 0 Å². The summed E-state index contributed by atoms with van der Waals surface area (Å²) in [6.07, 6.45) is -0.288. The fraction of sp³-hybridized carbons (Fsp3) is 0.385. The molecule has 0 aliphatic rings. The van der Waals surface area contributed by atoms with Crippen LogP contribution in [-0.2, 0) is 4.79 Å². The van der Waals surface area contributed by atoms with Gasteiger partial charge in [-0.2, -0.15) is 0 Å². The number of aliphatic hydroxyl groups excluding tert-OH is 1. The molecule has 4 heteroatoms. The number of carbonyl (C=O) groups is 2. The van der Waals surface area contributed by atoms with Crippen LogP contribution in [0.3, 0.4) is 0 Å². The predicted molar refractivity (Wildman–Crippen MR) is 63.2 cm³/mol. The van der Waals surface area contributed by atoms with Crippen LogP contribution in [-0.4, -0.2) is 29.9 Å². The number of ketones is 2. The van der Waals surface area contributed by atoms with E-state index in [-0.39, 0.29) is 5.56 Å². The standard InChI is InChI=1S/C13H16O4/c1-3-6-10(14)13(16)12(15)9-7-4-5-8-11(9)17-2/h4-5,7-8,10,14H,3,6H2,1-2H3. The third kappa shape index (κ3) is 3.14. The maximum Gasteiger partial charge on any atom is 0.235 e. The molecule has 1 aromatic carbocycles. The maximum atomic E-state index is 11.9. The van der Waals surface area contributed by atoms with E-state index in [2.05, 4.69) is 0 Å². The van der Waals surface area contributed by atoms with Gasteiger partial charge in [0, 0.05) is 0 Å². The molecular weight excluding hydrogens is 220 g/mol. The van der Waals surface area contributed by atoms with Crippen LogP contribution in [0.5, 0.6) is 5.75 Å². The minimum absolute atomic E-state index is 0.190. The molecule has 0 aliphatic carbocycles. The molecule has 0 aliphatic heterocycles. The Bertz CT molecular complexity index is 412. The molecule has 1 atom stereocenters. The lowest BCUT2D eigenvalue weighted by molar-refractivity contribution is -0.123. The molecule has 0 bridgehead atoms. The highest BCUT2D eigenvalue weighted by molar-refractivity contribution is 6.45. The summed E-state index contributed by atoms with van der Waals surface area (Å²) in [5, 5.41) is 9.50. The third-order valence-corrected chi connectivity index (χ3v) is 2.44. The van der Waals surface area contributed by atoms with E-state index in [4.69, 9.17) is 4.74 Å². The Morgan fingerprint density at radius 1 is 1.35 bits per heavy atom. The number of aliphatic hydroxyl groups is 1. The van der Waals surface area contributed by atoms with Crippen molar-refractivity contribution in [2.24, 2.45) is 0 Å². The van der Waals surface area contributed by atoms with E-state index in [1.165, 1.54) is 13.2 Å². The van der Waals surface area contributed by atoms with Gasteiger partial charge in [0.1, 0.15) is 11.9 Å². The molecular formula is C13H16O4. The van der Waals surface area contributed by atoms with E-state index in [1.54, 1.807) is 18.2 Å². The van der Waals surface area contributed by atoms with Gasteiger partial charge in [-0.1, -0.05) is 25.5 Å². The normalized spacial score (nSPS) is 11.9. The van der Waals surface area contributed by atoms with Crippen molar-refractivity contribution in [3.05, 3.63) is 29.8 Å². The lowest BCUT2D eigenvalue weighted by Crippen LogP contribution is -2.28. The van der Waals surface area contributed by atoms with E-state index < -0.39 is 17.7 Å². The molecule has 0 heterocycles. The van der Waals surface area contributed by atoms with E-state index in [0.717, 1.165) is 0 Å². The van der Waals surface area contributed by atoms with Crippen molar-refractivity contribution in [3.8, 4) is 5.75 Å². The molecule has 1 aromatic rings. The Hall–Kier alpha value is -1.68. The van der Waals surface area contributed by atoms with Crippen molar-refractivity contribution in [1.82, 2.24) is 0 Å². The van der Waals surface area contributed by atoms with Crippen LogP contribution in [0.25, 0.3) is 0 Å². The van der Waals surface area contributed by atoms with Gasteiger partial charge in [-0.25, -0.2) is 0 Å². The van der Waals surface area contributed by atoms with Crippen molar-refractivity contribution in [2.45, 2.75) is 25.9 Å². The average Bonchev–Trinajstić information content (AvgIpc) is 2.37. The van der Waals surface area contributed by atoms with Crippen molar-refractivity contribution in [2.75, 3.05) is 7.11 Å². The van der Waals surface area contributed by atoms with Crippen molar-refractivity contribution in [1.29, 1.82) is 0 Å². The second kappa shape index (κ2) is 6.15. The second-order valence-corrected chi connectivity index (χ2v) is 3.70. The molecule has 92 valence electrons. The number of hydrogen-bond acceptors (Lipinski definition) is 4. The molecule has 1 unspecified atom stereocenters. The Labute approximate surface area is 100 Å². The van der Waals surface area contributed by atoms with Crippen LogP contribution >= 0.6 is 0 Å². The molecule has 0 spiro atoms. The summed E-state index contributed by atoms with van der Waals surface area (Å²) in [7, 11) is 1.43. The summed E-state index contributed by atoms with van der Waals surface area (Å²) in [5.74, 6) is -1.14. The first-order valence-corrected chi connectivity index (χ1v) is 5.51. The number of carbonyl (C=O) groups excluding carboxylic acids is 2. The average molecular weight is 236 g/mol. The fourth-order valence-electron chi connectivity index (χ4n) is 1.52. The van der Waals surface area contributed by atoms with Crippen LogP contribution in [0.4, 0.5) is 0 Å². The summed E-state index contributed by atoms with van der Waals surface area (Å²) >= 11 is 0. The summed E-state index contributed by atoms with van der Waals surface area (Å²) < 4.78 is 5.00. The van der Waals surface area contributed by atoms with Crippen molar-refractivity contribution < 1.29 is 19.4 Å². The molecule has 0 radical (unpaired) electrons. The van der Waals surface area contributed by atoms with Gasteiger partial charge in [0.15, 0.2) is 0 Å². The summed E-state index contributed by atoms with van der Waals surface area (Å²) in [6.45, 7) is 1.84. The predicted octanol–water partition coefficient (Wildman–Crippen LogP) is 1.61. The molecule has 0 amide bonds. The van der Waals surface area contributed by atoms with Gasteiger partial charge in [-0.15, -0.1) is 0 Å². The minimum atomic E-state index is -1.22. The van der Waals surface area contributed by atoms with Gasteiger partial charge in [0.05, 0.1) is 12.7 Å². The molecule has 0 aromatic heterocycles. The number of para-hydroxylation sites is 1. The number of rotatable bonds is 6. The molecule has 17 heavy (non-hydrogen) atoms. The first-order valence-electron chi connectivity index (χ1n) is 5.51.